The van der Waals surface area contributed by atoms with Gasteiger partial charge in [0.15, 0.2) is 0 Å². The van der Waals surface area contributed by atoms with Gasteiger partial charge in [-0.15, -0.1) is 0 Å². The van der Waals surface area contributed by atoms with Gasteiger partial charge in [0, 0.05) is 16.5 Å². The second kappa shape index (κ2) is 7.71. The first-order valence-electron chi connectivity index (χ1n) is 6.99. The van der Waals surface area contributed by atoms with Gasteiger partial charge < -0.3 is 9.84 Å². The molecular formula is C16H25NO3S. The minimum absolute atomic E-state index is 0.00812. The van der Waals surface area contributed by atoms with Crippen molar-refractivity contribution in [3.63, 3.8) is 0 Å². The summed E-state index contributed by atoms with van der Waals surface area (Å²) >= 11 is 1.81. The summed E-state index contributed by atoms with van der Waals surface area (Å²) in [5.74, 6) is 0.773. The molecule has 0 aliphatic rings. The monoisotopic (exact) mass is 311 g/mol. The smallest absolute Gasteiger partial charge is 0.320 e. The largest absolute Gasteiger partial charge is 0.497 e. The molecule has 2 atom stereocenters. The number of ether oxygens (including phenoxy) is 1. The number of aliphatic carboxylic acids is 1. The number of carboxylic acids is 1. The molecule has 0 radical (unpaired) electrons. The van der Waals surface area contributed by atoms with E-state index in [1.165, 1.54) is 0 Å². The Balaban J connectivity index is 2.85. The highest BCUT2D eigenvalue weighted by Crippen LogP contribution is 2.29. The van der Waals surface area contributed by atoms with Crippen LogP contribution in [0, 0.1) is 0 Å². The minimum Gasteiger partial charge on any atom is -0.497 e. The molecule has 0 unspecified atom stereocenters. The summed E-state index contributed by atoms with van der Waals surface area (Å²) in [5.41, 5.74) is 1.07. The molecule has 0 spiro atoms. The van der Waals surface area contributed by atoms with Gasteiger partial charge in [-0.2, -0.15) is 11.8 Å². The Morgan fingerprint density at radius 2 is 1.90 bits per heavy atom. The van der Waals surface area contributed by atoms with Crippen LogP contribution in [0.1, 0.15) is 39.3 Å². The van der Waals surface area contributed by atoms with Crippen molar-refractivity contribution >= 4 is 17.7 Å². The third-order valence-corrected chi connectivity index (χ3v) is 4.39. The van der Waals surface area contributed by atoms with E-state index in [0.29, 0.717) is 0 Å². The molecule has 0 aliphatic heterocycles. The predicted octanol–water partition coefficient (Wildman–Crippen LogP) is 3.33. The van der Waals surface area contributed by atoms with Gasteiger partial charge in [-0.1, -0.05) is 32.9 Å². The molecule has 2 N–H and O–H groups in total. The Bertz CT molecular complexity index is 454. The lowest BCUT2D eigenvalue weighted by atomic mass is 10.1. The summed E-state index contributed by atoms with van der Waals surface area (Å²) < 4.78 is 5.30. The van der Waals surface area contributed by atoms with Crippen LogP contribution in [-0.2, 0) is 4.79 Å². The van der Waals surface area contributed by atoms with Crippen molar-refractivity contribution < 1.29 is 14.6 Å². The molecule has 1 rings (SSSR count). The Morgan fingerprint density at radius 3 is 2.33 bits per heavy atom. The fourth-order valence-corrected chi connectivity index (χ4v) is 2.74. The lowest BCUT2D eigenvalue weighted by molar-refractivity contribution is -0.139. The summed E-state index contributed by atoms with van der Waals surface area (Å²) in [5, 5.41) is 12.3. The Morgan fingerprint density at radius 1 is 1.33 bits per heavy atom. The van der Waals surface area contributed by atoms with Crippen molar-refractivity contribution in [3.05, 3.63) is 29.8 Å². The highest BCUT2D eigenvalue weighted by atomic mass is 32.2. The first-order chi connectivity index (χ1) is 9.73. The number of thioether (sulfide) groups is 1. The molecule has 1 aromatic carbocycles. The van der Waals surface area contributed by atoms with Crippen LogP contribution >= 0.6 is 11.8 Å². The van der Waals surface area contributed by atoms with Gasteiger partial charge in [-0.25, -0.2) is 0 Å². The normalized spacial score (nSPS) is 14.5. The van der Waals surface area contributed by atoms with Crippen LogP contribution in [0.5, 0.6) is 5.75 Å². The number of carbonyl (C=O) groups is 1. The number of rotatable bonds is 7. The van der Waals surface area contributed by atoms with Crippen molar-refractivity contribution in [1.82, 2.24) is 5.32 Å². The molecule has 1 aromatic rings. The maximum atomic E-state index is 11.1. The van der Waals surface area contributed by atoms with Crippen molar-refractivity contribution in [3.8, 4) is 5.75 Å². The summed E-state index contributed by atoms with van der Waals surface area (Å²) in [4.78, 5) is 11.1. The second-order valence-electron chi connectivity index (χ2n) is 5.98. The summed E-state index contributed by atoms with van der Waals surface area (Å²) in [6, 6.07) is 7.17. The summed E-state index contributed by atoms with van der Waals surface area (Å²) in [6.07, 6.45) is 0. The molecule has 0 bridgehead atoms. The Kier molecular flexibility index (Phi) is 6.55. The van der Waals surface area contributed by atoms with E-state index < -0.39 is 12.0 Å². The quantitative estimate of drug-likeness (QED) is 0.809. The molecule has 0 saturated carbocycles. The highest BCUT2D eigenvalue weighted by molar-refractivity contribution is 8.00. The predicted molar refractivity (Wildman–Crippen MR) is 88.2 cm³/mol. The van der Waals surface area contributed by atoms with E-state index in [-0.39, 0.29) is 10.8 Å². The Hall–Kier alpha value is -1.20. The molecule has 118 valence electrons. The molecular weight excluding hydrogens is 286 g/mol. The van der Waals surface area contributed by atoms with E-state index in [0.717, 1.165) is 17.1 Å². The second-order valence-corrected chi connectivity index (χ2v) is 7.82. The number of methoxy groups -OCH3 is 1. The zero-order valence-corrected chi connectivity index (χ0v) is 14.2. The van der Waals surface area contributed by atoms with Crippen LogP contribution < -0.4 is 10.1 Å². The van der Waals surface area contributed by atoms with E-state index in [9.17, 15) is 4.79 Å². The third-order valence-electron chi connectivity index (χ3n) is 3.02. The van der Waals surface area contributed by atoms with Crippen LogP contribution in [0.4, 0.5) is 0 Å². The maximum Gasteiger partial charge on any atom is 0.320 e. The molecule has 0 fully saturated rings. The number of benzene rings is 1. The van der Waals surface area contributed by atoms with Crippen molar-refractivity contribution in [1.29, 1.82) is 0 Å². The van der Waals surface area contributed by atoms with E-state index in [1.807, 2.05) is 36.0 Å². The molecule has 21 heavy (non-hydrogen) atoms. The lowest BCUT2D eigenvalue weighted by Crippen LogP contribution is -2.38. The molecule has 5 heteroatoms. The molecule has 0 heterocycles. The van der Waals surface area contributed by atoms with Gasteiger partial charge in [-0.05, 0) is 24.6 Å². The molecule has 4 nitrogen and oxygen atoms in total. The fourth-order valence-electron chi connectivity index (χ4n) is 1.78. The van der Waals surface area contributed by atoms with Gasteiger partial charge in [0.25, 0.3) is 0 Å². The third kappa shape index (κ3) is 6.40. The van der Waals surface area contributed by atoms with E-state index in [1.54, 1.807) is 14.0 Å². The zero-order valence-electron chi connectivity index (χ0n) is 13.3. The lowest BCUT2D eigenvalue weighted by Gasteiger charge is -2.26. The molecule has 0 aromatic heterocycles. The number of hydrogen-bond donors (Lipinski definition) is 2. The topological polar surface area (TPSA) is 58.6 Å². The van der Waals surface area contributed by atoms with Crippen molar-refractivity contribution in [2.45, 2.75) is 44.5 Å². The van der Waals surface area contributed by atoms with Gasteiger partial charge in [0.2, 0.25) is 0 Å². The number of carboxylic acid groups (broad SMARTS) is 1. The SMILES string of the molecule is COc1ccc([C@@H](CSC(C)(C)C)N[C@@H](C)C(=O)O)cc1. The van der Waals surface area contributed by atoms with Crippen LogP contribution in [0.25, 0.3) is 0 Å². The van der Waals surface area contributed by atoms with Crippen molar-refractivity contribution in [2.75, 3.05) is 12.9 Å². The van der Waals surface area contributed by atoms with E-state index in [2.05, 4.69) is 26.1 Å². The van der Waals surface area contributed by atoms with Gasteiger partial charge in [-0.3, -0.25) is 10.1 Å². The van der Waals surface area contributed by atoms with Crippen LogP contribution in [-0.4, -0.2) is 34.7 Å². The maximum absolute atomic E-state index is 11.1. The summed E-state index contributed by atoms with van der Waals surface area (Å²) in [7, 11) is 1.63. The average Bonchev–Trinajstić information content (AvgIpc) is 2.42. The molecule has 0 saturated heterocycles. The number of nitrogens with one attached hydrogen (secondary N) is 1. The standard InChI is InChI=1S/C16H25NO3S/c1-11(15(18)19)17-14(10-21-16(2,3)4)12-6-8-13(20-5)9-7-12/h6-9,11,14,17H,10H2,1-5H3,(H,18,19)/t11-,14+/m0/s1. The van der Waals surface area contributed by atoms with Crippen LogP contribution in [0.3, 0.4) is 0 Å². The van der Waals surface area contributed by atoms with Crippen LogP contribution in [0.2, 0.25) is 0 Å². The zero-order chi connectivity index (χ0) is 16.0. The average molecular weight is 311 g/mol. The fraction of sp³-hybridized carbons (Fsp3) is 0.562. The molecule has 0 amide bonds. The van der Waals surface area contributed by atoms with Gasteiger partial charge in [0.05, 0.1) is 7.11 Å². The summed E-state index contributed by atoms with van der Waals surface area (Å²) in [6.45, 7) is 8.14. The van der Waals surface area contributed by atoms with E-state index >= 15 is 0 Å². The molecule has 0 aliphatic carbocycles. The van der Waals surface area contributed by atoms with Crippen molar-refractivity contribution in [2.24, 2.45) is 0 Å². The Labute approximate surface area is 131 Å². The highest BCUT2D eigenvalue weighted by Gasteiger charge is 2.21. The first-order valence-corrected chi connectivity index (χ1v) is 7.98. The van der Waals surface area contributed by atoms with Crippen LogP contribution in [0.15, 0.2) is 24.3 Å². The van der Waals surface area contributed by atoms with Gasteiger partial charge >= 0.3 is 5.97 Å². The minimum atomic E-state index is -0.839. The van der Waals surface area contributed by atoms with Gasteiger partial charge in [0.1, 0.15) is 11.8 Å². The number of hydrogen-bond acceptors (Lipinski definition) is 4. The first kappa shape index (κ1) is 17.9. The van der Waals surface area contributed by atoms with E-state index in [4.69, 9.17) is 9.84 Å².